The van der Waals surface area contributed by atoms with Gasteiger partial charge < -0.3 is 10.7 Å². The fourth-order valence-corrected chi connectivity index (χ4v) is 1.78. The third-order valence-electron chi connectivity index (χ3n) is 2.87. The van der Waals surface area contributed by atoms with E-state index >= 15 is 0 Å². The van der Waals surface area contributed by atoms with Crippen LogP contribution in [0.3, 0.4) is 0 Å². The molecular weight excluding hydrogens is 304 g/mol. The number of anilines is 1. The maximum atomic E-state index is 13.6. The number of aromatic nitrogens is 1. The molecule has 0 spiro atoms. The van der Waals surface area contributed by atoms with Crippen molar-refractivity contribution < 1.29 is 18.4 Å². The second-order valence-corrected chi connectivity index (χ2v) is 4.49. The molecule has 0 fully saturated rings. The highest BCUT2D eigenvalue weighted by Crippen LogP contribution is 2.13. The fourth-order valence-electron chi connectivity index (χ4n) is 1.78. The largest absolute Gasteiger partial charge is 0.306 e. The Morgan fingerprint density at radius 3 is 2.78 bits per heavy atom. The van der Waals surface area contributed by atoms with E-state index in [4.69, 9.17) is 5.41 Å². The maximum Gasteiger partial charge on any atom is 0.259 e. The molecule has 7 heteroatoms. The normalized spacial score (nSPS) is 9.83. The van der Waals surface area contributed by atoms with Crippen molar-refractivity contribution in [3.05, 3.63) is 65.4 Å². The molecular formula is C16H11F2N3O2. The average Bonchev–Trinajstić information content (AvgIpc) is 2.52. The lowest BCUT2D eigenvalue weighted by atomic mass is 10.1. The van der Waals surface area contributed by atoms with E-state index in [1.54, 1.807) is 12.0 Å². The molecule has 1 heterocycles. The van der Waals surface area contributed by atoms with Crippen molar-refractivity contribution in [2.75, 3.05) is 5.32 Å². The zero-order valence-corrected chi connectivity index (χ0v) is 11.8. The van der Waals surface area contributed by atoms with E-state index in [0.717, 1.165) is 18.2 Å². The predicted molar refractivity (Wildman–Crippen MR) is 80.3 cm³/mol. The molecule has 0 atom stereocenters. The van der Waals surface area contributed by atoms with Crippen molar-refractivity contribution in [3.8, 4) is 0 Å². The van der Waals surface area contributed by atoms with Crippen molar-refractivity contribution >= 4 is 23.4 Å². The van der Waals surface area contributed by atoms with Crippen LogP contribution < -0.4 is 5.32 Å². The van der Waals surface area contributed by atoms with Crippen molar-refractivity contribution in [1.29, 1.82) is 5.41 Å². The lowest BCUT2D eigenvalue weighted by Crippen LogP contribution is -2.15. The van der Waals surface area contributed by atoms with E-state index in [1.807, 2.05) is 0 Å². The Morgan fingerprint density at radius 1 is 1.30 bits per heavy atom. The van der Waals surface area contributed by atoms with E-state index in [0.29, 0.717) is 6.07 Å². The van der Waals surface area contributed by atoms with Gasteiger partial charge in [0.05, 0.1) is 17.0 Å². The smallest absolute Gasteiger partial charge is 0.259 e. The molecule has 2 aromatic rings. The van der Waals surface area contributed by atoms with Crippen molar-refractivity contribution in [2.24, 2.45) is 0 Å². The van der Waals surface area contributed by atoms with Crippen LogP contribution in [-0.2, 0) is 4.79 Å². The monoisotopic (exact) mass is 315 g/mol. The molecule has 2 N–H and O–H groups in total. The molecule has 0 radical (unpaired) electrons. The number of hydrogen-bond donors (Lipinski definition) is 2. The number of amides is 1. The van der Waals surface area contributed by atoms with Crippen LogP contribution in [0.1, 0.15) is 22.5 Å². The third kappa shape index (κ3) is 4.15. The minimum atomic E-state index is -0.984. The molecule has 0 saturated heterocycles. The SMILES string of the molecule is N=C(CC=C=O)c1cccc(NC(=O)c2ccc(F)cc2F)n1. The summed E-state index contributed by atoms with van der Waals surface area (Å²) in [7, 11) is 0. The van der Waals surface area contributed by atoms with E-state index in [-0.39, 0.29) is 29.2 Å². The van der Waals surface area contributed by atoms with Crippen molar-refractivity contribution in [1.82, 2.24) is 4.98 Å². The van der Waals surface area contributed by atoms with Crippen LogP contribution in [0.4, 0.5) is 14.6 Å². The molecule has 116 valence electrons. The molecule has 1 aromatic carbocycles. The van der Waals surface area contributed by atoms with Crippen molar-refractivity contribution in [2.45, 2.75) is 6.42 Å². The molecule has 2 rings (SSSR count). The van der Waals surface area contributed by atoms with Crippen molar-refractivity contribution in [3.63, 3.8) is 0 Å². The first-order valence-electron chi connectivity index (χ1n) is 6.52. The summed E-state index contributed by atoms with van der Waals surface area (Å²) in [4.78, 5) is 26.2. The molecule has 5 nitrogen and oxygen atoms in total. The van der Waals surface area contributed by atoms with Gasteiger partial charge in [-0.2, -0.15) is 0 Å². The third-order valence-corrected chi connectivity index (χ3v) is 2.87. The number of nitrogens with one attached hydrogen (secondary N) is 2. The van der Waals surface area contributed by atoms with Crippen LogP contribution in [0.2, 0.25) is 0 Å². The number of hydrogen-bond acceptors (Lipinski definition) is 4. The summed E-state index contributed by atoms with van der Waals surface area (Å²) < 4.78 is 26.4. The summed E-state index contributed by atoms with van der Waals surface area (Å²) in [5.41, 5.74) is 0.00357. The Bertz CT molecular complexity index is 815. The summed E-state index contributed by atoms with van der Waals surface area (Å²) in [5, 5.41) is 10.1. The Labute approximate surface area is 130 Å². The maximum absolute atomic E-state index is 13.6. The van der Waals surface area contributed by atoms with Crippen LogP contribution >= 0.6 is 0 Å². The Balaban J connectivity index is 2.18. The van der Waals surface area contributed by atoms with Gasteiger partial charge in [-0.05, 0) is 24.3 Å². The number of carbonyl (C=O) groups is 1. The standard InChI is InChI=1S/C16H11F2N3O2/c17-10-6-7-11(12(18)9-10)16(23)21-15-5-1-4-14(20-15)13(19)3-2-8-22/h1-2,4-7,9,19H,3H2,(H,20,21,23). The molecule has 0 aliphatic carbocycles. The Morgan fingerprint density at radius 2 is 2.09 bits per heavy atom. The van der Waals surface area contributed by atoms with Gasteiger partial charge in [-0.1, -0.05) is 6.07 Å². The van der Waals surface area contributed by atoms with Gasteiger partial charge in [0.2, 0.25) is 0 Å². The van der Waals surface area contributed by atoms with Gasteiger partial charge in [0.15, 0.2) is 0 Å². The van der Waals surface area contributed by atoms with Crippen LogP contribution in [-0.4, -0.2) is 22.5 Å². The van der Waals surface area contributed by atoms with Gasteiger partial charge >= 0.3 is 0 Å². The van der Waals surface area contributed by atoms with Gasteiger partial charge in [0.1, 0.15) is 23.4 Å². The van der Waals surface area contributed by atoms with Crippen LogP contribution in [0.15, 0.2) is 42.5 Å². The topological polar surface area (TPSA) is 82.9 Å². The second-order valence-electron chi connectivity index (χ2n) is 4.49. The molecule has 0 aliphatic rings. The molecule has 23 heavy (non-hydrogen) atoms. The highest BCUT2D eigenvalue weighted by Gasteiger charge is 2.13. The average molecular weight is 315 g/mol. The minimum absolute atomic E-state index is 0.0560. The number of nitrogens with zero attached hydrogens (tertiary/aromatic N) is 1. The van der Waals surface area contributed by atoms with Crippen LogP contribution in [0, 0.1) is 17.0 Å². The number of benzene rings is 1. The summed E-state index contributed by atoms with van der Waals surface area (Å²) in [6.45, 7) is 0. The molecule has 0 bridgehead atoms. The highest BCUT2D eigenvalue weighted by atomic mass is 19.1. The first kappa shape index (κ1) is 16.2. The zero-order valence-electron chi connectivity index (χ0n) is 11.8. The van der Waals surface area contributed by atoms with Gasteiger partial charge in [-0.3, -0.25) is 4.79 Å². The summed E-state index contributed by atoms with van der Waals surface area (Å²) in [5.74, 6) is -0.882. The molecule has 1 amide bonds. The quantitative estimate of drug-likeness (QED) is 0.657. The number of rotatable bonds is 5. The Kier molecular flexibility index (Phi) is 5.07. The zero-order chi connectivity index (χ0) is 16.8. The van der Waals surface area contributed by atoms with E-state index < -0.39 is 17.5 Å². The first-order chi connectivity index (χ1) is 11.0. The Hall–Kier alpha value is -3.18. The minimum Gasteiger partial charge on any atom is -0.306 e. The molecule has 0 unspecified atom stereocenters. The second kappa shape index (κ2) is 7.20. The predicted octanol–water partition coefficient (Wildman–Crippen LogP) is 2.76. The summed E-state index contributed by atoms with van der Waals surface area (Å²) in [6.07, 6.45) is 1.20. The van der Waals surface area contributed by atoms with Crippen LogP contribution in [0.25, 0.3) is 0 Å². The summed E-state index contributed by atoms with van der Waals surface area (Å²) >= 11 is 0. The van der Waals surface area contributed by atoms with E-state index in [2.05, 4.69) is 10.3 Å². The number of carbonyl (C=O) groups excluding carboxylic acids is 2. The molecule has 1 aromatic heterocycles. The number of pyridine rings is 1. The van der Waals surface area contributed by atoms with Crippen LogP contribution in [0.5, 0.6) is 0 Å². The lowest BCUT2D eigenvalue weighted by molar-refractivity contribution is 0.102. The van der Waals surface area contributed by atoms with E-state index in [1.165, 1.54) is 12.1 Å². The fraction of sp³-hybridized carbons (Fsp3) is 0.0625. The first-order valence-corrected chi connectivity index (χ1v) is 6.52. The lowest BCUT2D eigenvalue weighted by Gasteiger charge is -2.07. The van der Waals surface area contributed by atoms with Gasteiger partial charge in [-0.25, -0.2) is 18.6 Å². The highest BCUT2D eigenvalue weighted by molar-refractivity contribution is 6.04. The van der Waals surface area contributed by atoms with E-state index in [9.17, 15) is 18.4 Å². The summed E-state index contributed by atoms with van der Waals surface area (Å²) in [6, 6.07) is 7.17. The van der Waals surface area contributed by atoms with Gasteiger partial charge in [0, 0.05) is 18.6 Å². The van der Waals surface area contributed by atoms with Gasteiger partial charge in [0.25, 0.3) is 5.91 Å². The van der Waals surface area contributed by atoms with Gasteiger partial charge in [-0.15, -0.1) is 0 Å². The molecule has 0 aliphatic heterocycles. The molecule has 0 saturated carbocycles. The number of halogens is 2. The number of allylic oxidation sites excluding steroid dienone is 1.